The molecular weight excluding hydrogens is 217 g/mol. The minimum atomic E-state index is -0.360. The zero-order chi connectivity index (χ0) is 11.3. The topological polar surface area (TPSA) is 21.3 Å². The van der Waals surface area contributed by atoms with Gasteiger partial charge in [0.25, 0.3) is 0 Å². The second-order valence-electron chi connectivity index (χ2n) is 3.09. The molecule has 1 aromatic rings. The lowest BCUT2D eigenvalue weighted by Gasteiger charge is -2.06. The van der Waals surface area contributed by atoms with Gasteiger partial charge in [-0.2, -0.15) is 0 Å². The van der Waals surface area contributed by atoms with Crippen LogP contribution in [0.4, 0.5) is 4.39 Å². The van der Waals surface area contributed by atoms with E-state index in [1.807, 2.05) is 0 Å². The number of ether oxygens (including phenoxy) is 1. The standard InChI is InChI=1S/C11H13ClFNO/c1-8(12)6-14-7-9-3-4-11(15-2)10(13)5-9/h3-5,14H,1,6-7H2,2H3. The van der Waals surface area contributed by atoms with Crippen molar-refractivity contribution in [2.75, 3.05) is 13.7 Å². The molecule has 0 unspecified atom stereocenters. The Balaban J connectivity index is 2.55. The van der Waals surface area contributed by atoms with Gasteiger partial charge in [-0.05, 0) is 17.7 Å². The van der Waals surface area contributed by atoms with Gasteiger partial charge in [-0.15, -0.1) is 0 Å². The Labute approximate surface area is 93.7 Å². The fraction of sp³-hybridized carbons (Fsp3) is 0.273. The van der Waals surface area contributed by atoms with Crippen LogP contribution in [0.25, 0.3) is 0 Å². The summed E-state index contributed by atoms with van der Waals surface area (Å²) in [5.74, 6) is -0.109. The molecule has 0 saturated carbocycles. The molecule has 1 rings (SSSR count). The molecule has 0 spiro atoms. The van der Waals surface area contributed by atoms with Crippen molar-refractivity contribution in [3.63, 3.8) is 0 Å². The van der Waals surface area contributed by atoms with Gasteiger partial charge in [-0.1, -0.05) is 24.2 Å². The first-order chi connectivity index (χ1) is 7.13. The minimum Gasteiger partial charge on any atom is -0.494 e. The summed E-state index contributed by atoms with van der Waals surface area (Å²) in [6.45, 7) is 4.60. The first-order valence-electron chi connectivity index (χ1n) is 4.50. The SMILES string of the molecule is C=C(Cl)CNCc1ccc(OC)c(F)c1. The Morgan fingerprint density at radius 3 is 2.87 bits per heavy atom. The van der Waals surface area contributed by atoms with E-state index >= 15 is 0 Å². The lowest BCUT2D eigenvalue weighted by Crippen LogP contribution is -2.14. The van der Waals surface area contributed by atoms with Gasteiger partial charge in [-0.25, -0.2) is 4.39 Å². The second kappa shape index (κ2) is 5.73. The maximum atomic E-state index is 13.2. The third kappa shape index (κ3) is 3.90. The molecular formula is C11H13ClFNO. The summed E-state index contributed by atoms with van der Waals surface area (Å²) < 4.78 is 18.1. The second-order valence-corrected chi connectivity index (χ2v) is 3.62. The maximum Gasteiger partial charge on any atom is 0.165 e. The van der Waals surface area contributed by atoms with Gasteiger partial charge in [0.1, 0.15) is 0 Å². The summed E-state index contributed by atoms with van der Waals surface area (Å²) >= 11 is 5.57. The Hall–Kier alpha value is -1.06. The molecule has 0 heterocycles. The minimum absolute atomic E-state index is 0.250. The van der Waals surface area contributed by atoms with Crippen LogP contribution in [0.15, 0.2) is 29.8 Å². The highest BCUT2D eigenvalue weighted by molar-refractivity contribution is 6.29. The smallest absolute Gasteiger partial charge is 0.165 e. The van der Waals surface area contributed by atoms with Gasteiger partial charge < -0.3 is 10.1 Å². The Bertz CT molecular complexity index is 354. The van der Waals surface area contributed by atoms with Crippen molar-refractivity contribution in [2.45, 2.75) is 6.54 Å². The average Bonchev–Trinajstić information content (AvgIpc) is 2.17. The van der Waals surface area contributed by atoms with E-state index in [2.05, 4.69) is 11.9 Å². The summed E-state index contributed by atoms with van der Waals surface area (Å²) in [6, 6.07) is 4.83. The lowest BCUT2D eigenvalue weighted by molar-refractivity contribution is 0.386. The normalized spacial score (nSPS) is 10.1. The summed E-state index contributed by atoms with van der Waals surface area (Å²) in [5, 5.41) is 3.56. The highest BCUT2D eigenvalue weighted by Crippen LogP contribution is 2.17. The lowest BCUT2D eigenvalue weighted by atomic mass is 10.2. The molecule has 0 aliphatic carbocycles. The summed E-state index contributed by atoms with van der Waals surface area (Å²) in [4.78, 5) is 0. The molecule has 4 heteroatoms. The van der Waals surface area contributed by atoms with Gasteiger partial charge in [0.05, 0.1) is 7.11 Å². The summed E-state index contributed by atoms with van der Waals surface area (Å²) in [5.41, 5.74) is 0.839. The predicted octanol–water partition coefficient (Wildman–Crippen LogP) is 2.68. The van der Waals surface area contributed by atoms with Gasteiger partial charge in [0.15, 0.2) is 11.6 Å². The first kappa shape index (κ1) is 12.0. The highest BCUT2D eigenvalue weighted by Gasteiger charge is 2.02. The molecule has 0 aliphatic heterocycles. The van der Waals surface area contributed by atoms with Crippen molar-refractivity contribution in [2.24, 2.45) is 0 Å². The molecule has 0 aromatic heterocycles. The van der Waals surface area contributed by atoms with E-state index < -0.39 is 0 Å². The van der Waals surface area contributed by atoms with Crippen molar-refractivity contribution in [1.82, 2.24) is 5.32 Å². The first-order valence-corrected chi connectivity index (χ1v) is 4.87. The zero-order valence-electron chi connectivity index (χ0n) is 8.52. The molecule has 0 atom stereocenters. The molecule has 15 heavy (non-hydrogen) atoms. The molecule has 0 bridgehead atoms. The number of methoxy groups -OCH3 is 1. The fourth-order valence-corrected chi connectivity index (χ4v) is 1.26. The van der Waals surface area contributed by atoms with Crippen LogP contribution >= 0.6 is 11.6 Å². The van der Waals surface area contributed by atoms with E-state index in [0.29, 0.717) is 18.1 Å². The van der Waals surface area contributed by atoms with E-state index in [1.165, 1.54) is 13.2 Å². The van der Waals surface area contributed by atoms with Crippen LogP contribution in [-0.2, 0) is 6.54 Å². The number of hydrogen-bond donors (Lipinski definition) is 1. The fourth-order valence-electron chi connectivity index (χ4n) is 1.16. The Kier molecular flexibility index (Phi) is 4.59. The van der Waals surface area contributed by atoms with Crippen molar-refractivity contribution < 1.29 is 9.13 Å². The molecule has 82 valence electrons. The van der Waals surface area contributed by atoms with Crippen LogP contribution in [0, 0.1) is 5.82 Å². The quantitative estimate of drug-likeness (QED) is 0.838. The van der Waals surface area contributed by atoms with Crippen molar-refractivity contribution >= 4 is 11.6 Å². The molecule has 0 aliphatic rings. The van der Waals surface area contributed by atoms with E-state index in [0.717, 1.165) is 5.56 Å². The number of rotatable bonds is 5. The number of hydrogen-bond acceptors (Lipinski definition) is 2. The molecule has 0 fully saturated rings. The van der Waals surface area contributed by atoms with Crippen LogP contribution in [0.5, 0.6) is 5.75 Å². The summed E-state index contributed by atoms with van der Waals surface area (Å²) in [7, 11) is 1.44. The molecule has 1 N–H and O–H groups in total. The van der Waals surface area contributed by atoms with Gasteiger partial charge in [-0.3, -0.25) is 0 Å². The van der Waals surface area contributed by atoms with Gasteiger partial charge in [0, 0.05) is 18.1 Å². The zero-order valence-corrected chi connectivity index (χ0v) is 9.27. The van der Waals surface area contributed by atoms with Crippen LogP contribution in [-0.4, -0.2) is 13.7 Å². The van der Waals surface area contributed by atoms with Crippen molar-refractivity contribution in [3.05, 3.63) is 41.2 Å². The molecule has 0 amide bonds. The van der Waals surface area contributed by atoms with Crippen molar-refractivity contribution in [3.8, 4) is 5.75 Å². The van der Waals surface area contributed by atoms with Crippen LogP contribution < -0.4 is 10.1 Å². The predicted molar refractivity (Wildman–Crippen MR) is 59.7 cm³/mol. The third-order valence-electron chi connectivity index (χ3n) is 1.86. The van der Waals surface area contributed by atoms with E-state index in [1.54, 1.807) is 12.1 Å². The van der Waals surface area contributed by atoms with Crippen LogP contribution in [0.1, 0.15) is 5.56 Å². The van der Waals surface area contributed by atoms with Crippen molar-refractivity contribution in [1.29, 1.82) is 0 Å². The number of halogens is 2. The van der Waals surface area contributed by atoms with Crippen LogP contribution in [0.3, 0.4) is 0 Å². The number of benzene rings is 1. The molecule has 0 saturated heterocycles. The highest BCUT2D eigenvalue weighted by atomic mass is 35.5. The summed E-state index contributed by atoms with van der Waals surface area (Å²) in [6.07, 6.45) is 0. The third-order valence-corrected chi connectivity index (χ3v) is 2.00. The Morgan fingerprint density at radius 2 is 2.33 bits per heavy atom. The average molecular weight is 230 g/mol. The maximum absolute atomic E-state index is 13.2. The largest absolute Gasteiger partial charge is 0.494 e. The van der Waals surface area contributed by atoms with Gasteiger partial charge in [0.2, 0.25) is 0 Å². The monoisotopic (exact) mass is 229 g/mol. The number of nitrogens with one attached hydrogen (secondary N) is 1. The molecule has 0 radical (unpaired) electrons. The molecule has 2 nitrogen and oxygen atoms in total. The van der Waals surface area contributed by atoms with E-state index in [-0.39, 0.29) is 11.6 Å². The van der Waals surface area contributed by atoms with Crippen LogP contribution in [0.2, 0.25) is 0 Å². The van der Waals surface area contributed by atoms with Gasteiger partial charge >= 0.3 is 0 Å². The van der Waals surface area contributed by atoms with E-state index in [9.17, 15) is 4.39 Å². The Morgan fingerprint density at radius 1 is 1.60 bits per heavy atom. The van der Waals surface area contributed by atoms with E-state index in [4.69, 9.17) is 16.3 Å². The molecule has 1 aromatic carbocycles.